The molecule has 4 fully saturated rings. The quantitative estimate of drug-likeness (QED) is 0.476. The topological polar surface area (TPSA) is 77.0 Å². The first-order chi connectivity index (χ1) is 21.4. The molecule has 2 aromatic carbocycles. The Morgan fingerprint density at radius 3 is 2.92 bits per heavy atom. The number of ether oxygens (including phenoxy) is 1. The largest absolute Gasteiger partial charge is 0.508 e. The third-order valence-corrected chi connectivity index (χ3v) is 9.01. The molecule has 8 rings (SSSR count). The van der Waals surface area contributed by atoms with Crippen molar-refractivity contribution < 1.29 is 21.1 Å². The van der Waals surface area contributed by atoms with Gasteiger partial charge in [-0.2, -0.15) is 9.97 Å². The van der Waals surface area contributed by atoms with Crippen molar-refractivity contribution in [1.82, 2.24) is 20.2 Å². The Labute approximate surface area is 242 Å². The van der Waals surface area contributed by atoms with Gasteiger partial charge in [0.25, 0.3) is 0 Å². The van der Waals surface area contributed by atoms with E-state index < -0.39 is 19.6 Å². The second-order valence-electron chi connectivity index (χ2n) is 11.4. The van der Waals surface area contributed by atoms with Crippen LogP contribution in [0, 0.1) is 5.82 Å². The maximum atomic E-state index is 15.0. The van der Waals surface area contributed by atoms with Gasteiger partial charge in [-0.05, 0) is 75.1 Å². The van der Waals surface area contributed by atoms with E-state index in [4.69, 9.17) is 21.6 Å². The van der Waals surface area contributed by atoms with Crippen LogP contribution in [0.5, 0.6) is 11.8 Å². The molecule has 0 aliphatic carbocycles. The number of aromatic hydroxyl groups is 1. The molecule has 6 heterocycles. The molecule has 5 aliphatic heterocycles. The van der Waals surface area contributed by atoms with Crippen LogP contribution in [0.4, 0.5) is 15.9 Å². The van der Waals surface area contributed by atoms with Crippen molar-refractivity contribution in [3.8, 4) is 11.8 Å². The number of likely N-dealkylation sites (N-methyl/N-ethyl adjacent to an activating group) is 1. The molecule has 8 nitrogen and oxygen atoms in total. The van der Waals surface area contributed by atoms with Crippen LogP contribution in [0.2, 0.25) is 0 Å². The van der Waals surface area contributed by atoms with Gasteiger partial charge < -0.3 is 29.9 Å². The van der Waals surface area contributed by atoms with E-state index in [9.17, 15) is 9.50 Å². The van der Waals surface area contributed by atoms with Gasteiger partial charge in [0.2, 0.25) is 0 Å². The summed E-state index contributed by atoms with van der Waals surface area (Å²) in [7, 11) is 0. The standard InChI is InChI=1S/C31H39FN6O2/c1-3-24-26(32)9-6-19-13-23(39)14-28(29(19)24)37-12-10-25-27(17-37)34-31(40-18-22-5-4-11-36(22)2)35-30(25)38-16-20-7-8-21(38)15-33-20/h6,9,13-14,20-22,33,39H,3-5,7-8,10-12,15-18H2,1-2H3/t20?,21?,22-/m0/s1/i2D3,18D2. The molecule has 212 valence electrons. The fraction of sp³-hybridized carbons (Fsp3) is 0.548. The predicted molar refractivity (Wildman–Crippen MR) is 155 cm³/mol. The third kappa shape index (κ3) is 4.53. The molecule has 9 heteroatoms. The number of hydrogen-bond donors (Lipinski definition) is 2. The second kappa shape index (κ2) is 10.3. The highest BCUT2D eigenvalue weighted by Gasteiger charge is 2.37. The minimum atomic E-state index is -2.44. The van der Waals surface area contributed by atoms with Crippen molar-refractivity contribution in [3.63, 3.8) is 0 Å². The fourth-order valence-electron chi connectivity index (χ4n) is 6.93. The van der Waals surface area contributed by atoms with Gasteiger partial charge in [-0.15, -0.1) is 0 Å². The van der Waals surface area contributed by atoms with Crippen molar-refractivity contribution in [3.05, 3.63) is 46.9 Å². The van der Waals surface area contributed by atoms with Crippen LogP contribution in [0.15, 0.2) is 24.3 Å². The third-order valence-electron chi connectivity index (χ3n) is 9.01. The Hall–Kier alpha value is -3.17. The van der Waals surface area contributed by atoms with E-state index in [0.29, 0.717) is 61.8 Å². The van der Waals surface area contributed by atoms with Crippen molar-refractivity contribution in [1.29, 1.82) is 0 Å². The van der Waals surface area contributed by atoms with E-state index >= 15 is 0 Å². The number of phenolic OH excluding ortho intramolecular Hbond substituents is 1. The minimum absolute atomic E-state index is 0.0877. The number of fused-ring (bicyclic) bond motifs is 5. The molecule has 2 bridgehead atoms. The Balaban J connectivity index is 1.29. The first-order valence-corrected chi connectivity index (χ1v) is 14.5. The van der Waals surface area contributed by atoms with Crippen LogP contribution in [0.25, 0.3) is 10.8 Å². The summed E-state index contributed by atoms with van der Waals surface area (Å²) >= 11 is 0. The fourth-order valence-corrected chi connectivity index (χ4v) is 6.93. The number of aromatic nitrogens is 2. The SMILES string of the molecule is [2H]C([2H])(Oc1nc2c(c(N3CC4CCC3CN4)n1)CCN(c1cc(O)cc3ccc(F)c(CC)c13)C2)[C@@H]1CCCN1C([2H])([2H])[2H]. The number of nitrogens with zero attached hydrogens (tertiary/aromatic N) is 5. The van der Waals surface area contributed by atoms with Gasteiger partial charge in [0.05, 0.1) is 15.0 Å². The molecule has 3 atom stereocenters. The van der Waals surface area contributed by atoms with Gasteiger partial charge in [0, 0.05) is 64.6 Å². The van der Waals surface area contributed by atoms with Crippen LogP contribution in [-0.4, -0.2) is 77.8 Å². The Morgan fingerprint density at radius 2 is 2.15 bits per heavy atom. The summed E-state index contributed by atoms with van der Waals surface area (Å²) in [5.41, 5.74) is 2.95. The normalized spacial score (nSPS) is 27.1. The Bertz CT molecular complexity index is 1620. The number of piperidine rings is 2. The molecular formula is C31H39FN6O2. The number of piperazine rings is 1. The summed E-state index contributed by atoms with van der Waals surface area (Å²) < 4.78 is 62.4. The molecule has 2 N–H and O–H groups in total. The highest BCUT2D eigenvalue weighted by Crippen LogP contribution is 2.40. The summed E-state index contributed by atoms with van der Waals surface area (Å²) in [6, 6.07) is 5.92. The van der Waals surface area contributed by atoms with Crippen LogP contribution in [-0.2, 0) is 19.4 Å². The van der Waals surface area contributed by atoms with E-state index in [0.717, 1.165) is 48.1 Å². The molecule has 5 aliphatic rings. The lowest BCUT2D eigenvalue weighted by Crippen LogP contribution is -2.61. The monoisotopic (exact) mass is 551 g/mol. The lowest BCUT2D eigenvalue weighted by atomic mass is 9.92. The number of hydrogen-bond acceptors (Lipinski definition) is 8. The van der Waals surface area contributed by atoms with Gasteiger partial charge in [-0.25, -0.2) is 4.39 Å². The average Bonchev–Trinajstić information content (AvgIpc) is 3.53. The zero-order valence-corrected chi connectivity index (χ0v) is 22.8. The van der Waals surface area contributed by atoms with Crippen LogP contribution in [0.3, 0.4) is 0 Å². The summed E-state index contributed by atoms with van der Waals surface area (Å²) in [6.45, 7) is -0.0821. The van der Waals surface area contributed by atoms with Crippen molar-refractivity contribution in [2.24, 2.45) is 0 Å². The maximum absolute atomic E-state index is 15.0. The molecule has 0 spiro atoms. The summed E-state index contributed by atoms with van der Waals surface area (Å²) in [4.78, 5) is 15.2. The average molecular weight is 552 g/mol. The molecule has 4 saturated heterocycles. The summed E-state index contributed by atoms with van der Waals surface area (Å²) in [5.74, 6) is 0.537. The number of likely N-dealkylation sites (tertiary alicyclic amines) is 1. The van der Waals surface area contributed by atoms with E-state index in [-0.39, 0.29) is 30.2 Å². The van der Waals surface area contributed by atoms with Crippen molar-refractivity contribution >= 4 is 22.3 Å². The number of nitrogens with one attached hydrogen (secondary N) is 1. The van der Waals surface area contributed by atoms with Gasteiger partial charge in [0.15, 0.2) is 0 Å². The molecule has 2 unspecified atom stereocenters. The van der Waals surface area contributed by atoms with Gasteiger partial charge in [-0.3, -0.25) is 0 Å². The zero-order chi connectivity index (χ0) is 31.7. The van der Waals surface area contributed by atoms with E-state index in [1.54, 1.807) is 18.2 Å². The maximum Gasteiger partial charge on any atom is 0.318 e. The second-order valence-corrected chi connectivity index (χ2v) is 11.4. The molecule has 1 aromatic heterocycles. The minimum Gasteiger partial charge on any atom is -0.508 e. The lowest BCUT2D eigenvalue weighted by molar-refractivity contribution is 0.187. The molecule has 0 saturated carbocycles. The number of phenols is 1. The number of benzene rings is 2. The highest BCUT2D eigenvalue weighted by molar-refractivity contribution is 5.98. The van der Waals surface area contributed by atoms with E-state index in [1.165, 1.54) is 11.0 Å². The zero-order valence-electron chi connectivity index (χ0n) is 27.8. The highest BCUT2D eigenvalue weighted by atomic mass is 19.1. The van der Waals surface area contributed by atoms with Gasteiger partial charge in [-0.1, -0.05) is 13.0 Å². The smallest absolute Gasteiger partial charge is 0.318 e. The first kappa shape index (κ1) is 20.7. The van der Waals surface area contributed by atoms with E-state index in [2.05, 4.69) is 15.1 Å². The molecule has 40 heavy (non-hydrogen) atoms. The van der Waals surface area contributed by atoms with Gasteiger partial charge >= 0.3 is 6.01 Å². The van der Waals surface area contributed by atoms with Crippen molar-refractivity contribution in [2.45, 2.75) is 70.1 Å². The van der Waals surface area contributed by atoms with E-state index in [1.807, 2.05) is 6.92 Å². The molecule has 0 amide bonds. The number of halogens is 1. The van der Waals surface area contributed by atoms with Crippen LogP contribution in [0.1, 0.15) is 56.3 Å². The number of rotatable bonds is 6. The molecular weight excluding hydrogens is 507 g/mol. The first-order valence-electron chi connectivity index (χ1n) is 17.0. The van der Waals surface area contributed by atoms with Crippen LogP contribution < -0.4 is 19.9 Å². The van der Waals surface area contributed by atoms with Gasteiger partial charge in [0.1, 0.15) is 23.9 Å². The predicted octanol–water partition coefficient (Wildman–Crippen LogP) is 4.01. The van der Waals surface area contributed by atoms with Crippen LogP contribution >= 0.6 is 0 Å². The lowest BCUT2D eigenvalue weighted by Gasteiger charge is -2.47. The Kier molecular flexibility index (Phi) is 5.34. The summed E-state index contributed by atoms with van der Waals surface area (Å²) in [5, 5.41) is 15.7. The molecule has 0 radical (unpaired) electrons. The Morgan fingerprint density at radius 1 is 1.23 bits per heavy atom. The van der Waals surface area contributed by atoms with Crippen molar-refractivity contribution in [2.75, 3.05) is 49.5 Å². The number of aryl methyl sites for hydroxylation is 1. The molecule has 3 aromatic rings. The summed E-state index contributed by atoms with van der Waals surface area (Å²) in [6.07, 6.45) is 4.10. The number of anilines is 2.